The van der Waals surface area contributed by atoms with Gasteiger partial charge in [-0.3, -0.25) is 4.68 Å². The van der Waals surface area contributed by atoms with Crippen molar-refractivity contribution >= 4 is 0 Å². The Hall–Kier alpha value is -1.61. The predicted octanol–water partition coefficient (Wildman–Crippen LogP) is 3.25. The summed E-state index contributed by atoms with van der Waals surface area (Å²) in [6.45, 7) is 6.93. The summed E-state index contributed by atoms with van der Waals surface area (Å²) in [4.78, 5) is 0. The van der Waals surface area contributed by atoms with Crippen molar-refractivity contribution in [1.29, 1.82) is 0 Å². The minimum absolute atomic E-state index is 0.599. The SMILES string of the molecule is CCCc1cccc(C(O)c2cc(C)nn2CC)c1. The van der Waals surface area contributed by atoms with E-state index in [0.29, 0.717) is 0 Å². The topological polar surface area (TPSA) is 38.1 Å². The van der Waals surface area contributed by atoms with Crippen LogP contribution in [0.25, 0.3) is 0 Å². The van der Waals surface area contributed by atoms with E-state index in [-0.39, 0.29) is 0 Å². The predicted molar refractivity (Wildman–Crippen MR) is 77.1 cm³/mol. The molecule has 1 N–H and O–H groups in total. The number of rotatable bonds is 5. The fraction of sp³-hybridized carbons (Fsp3) is 0.438. The van der Waals surface area contributed by atoms with Crippen molar-refractivity contribution in [2.24, 2.45) is 0 Å². The van der Waals surface area contributed by atoms with Gasteiger partial charge in [-0.05, 0) is 37.5 Å². The molecule has 2 aromatic rings. The van der Waals surface area contributed by atoms with E-state index in [9.17, 15) is 5.11 Å². The lowest BCUT2D eigenvalue weighted by Crippen LogP contribution is -2.09. The highest BCUT2D eigenvalue weighted by molar-refractivity contribution is 5.30. The van der Waals surface area contributed by atoms with Gasteiger partial charge in [0.15, 0.2) is 0 Å². The fourth-order valence-electron chi connectivity index (χ4n) is 2.42. The first kappa shape index (κ1) is 13.8. The van der Waals surface area contributed by atoms with Crippen LogP contribution in [-0.2, 0) is 13.0 Å². The molecule has 1 heterocycles. The van der Waals surface area contributed by atoms with Gasteiger partial charge in [-0.1, -0.05) is 37.6 Å². The zero-order chi connectivity index (χ0) is 13.8. The first-order valence-corrected chi connectivity index (χ1v) is 6.97. The molecule has 0 fully saturated rings. The summed E-state index contributed by atoms with van der Waals surface area (Å²) in [5.74, 6) is 0. The minimum Gasteiger partial charge on any atom is -0.382 e. The van der Waals surface area contributed by atoms with Gasteiger partial charge < -0.3 is 5.11 Å². The maximum absolute atomic E-state index is 10.5. The third-order valence-electron chi connectivity index (χ3n) is 3.32. The van der Waals surface area contributed by atoms with E-state index in [2.05, 4.69) is 24.2 Å². The first-order chi connectivity index (χ1) is 9.15. The number of hydrogen-bond donors (Lipinski definition) is 1. The largest absolute Gasteiger partial charge is 0.382 e. The second-order valence-electron chi connectivity index (χ2n) is 4.92. The van der Waals surface area contributed by atoms with E-state index in [0.717, 1.165) is 36.3 Å². The molecule has 1 atom stereocenters. The summed E-state index contributed by atoms with van der Waals surface area (Å²) < 4.78 is 1.87. The average molecular weight is 258 g/mol. The van der Waals surface area contributed by atoms with Gasteiger partial charge in [-0.15, -0.1) is 0 Å². The van der Waals surface area contributed by atoms with Gasteiger partial charge in [0.05, 0.1) is 11.4 Å². The lowest BCUT2D eigenvalue weighted by molar-refractivity contribution is 0.208. The van der Waals surface area contributed by atoms with Crippen LogP contribution in [-0.4, -0.2) is 14.9 Å². The Kier molecular flexibility index (Phi) is 4.38. The van der Waals surface area contributed by atoms with Gasteiger partial charge >= 0.3 is 0 Å². The van der Waals surface area contributed by atoms with Crippen LogP contribution < -0.4 is 0 Å². The highest BCUT2D eigenvalue weighted by Crippen LogP contribution is 2.23. The highest BCUT2D eigenvalue weighted by Gasteiger charge is 2.16. The molecule has 0 saturated heterocycles. The molecule has 0 aliphatic carbocycles. The van der Waals surface area contributed by atoms with Crippen LogP contribution in [0.5, 0.6) is 0 Å². The number of nitrogens with zero attached hydrogens (tertiary/aromatic N) is 2. The van der Waals surface area contributed by atoms with E-state index in [4.69, 9.17) is 0 Å². The quantitative estimate of drug-likeness (QED) is 0.894. The molecule has 2 rings (SSSR count). The Balaban J connectivity index is 2.32. The Morgan fingerprint density at radius 3 is 2.74 bits per heavy atom. The number of aryl methyl sites for hydroxylation is 3. The smallest absolute Gasteiger partial charge is 0.121 e. The molecule has 1 aromatic heterocycles. The lowest BCUT2D eigenvalue weighted by atomic mass is 10.0. The van der Waals surface area contributed by atoms with Gasteiger partial charge in [0.1, 0.15) is 6.10 Å². The number of aliphatic hydroxyl groups is 1. The standard InChI is InChI=1S/C16H22N2O/c1-4-7-13-8-6-9-14(11-13)16(19)15-10-12(3)17-18(15)5-2/h6,8-11,16,19H,4-5,7H2,1-3H3. The van der Waals surface area contributed by atoms with Crippen molar-refractivity contribution in [3.63, 3.8) is 0 Å². The van der Waals surface area contributed by atoms with Crippen LogP contribution in [0.1, 0.15) is 48.9 Å². The molecule has 19 heavy (non-hydrogen) atoms. The Labute approximate surface area is 114 Å². The summed E-state index contributed by atoms with van der Waals surface area (Å²) in [6.07, 6.45) is 1.57. The monoisotopic (exact) mass is 258 g/mol. The van der Waals surface area contributed by atoms with E-state index < -0.39 is 6.10 Å². The summed E-state index contributed by atoms with van der Waals surface area (Å²) in [5.41, 5.74) is 4.04. The second-order valence-corrected chi connectivity index (χ2v) is 4.92. The molecule has 1 unspecified atom stereocenters. The summed E-state index contributed by atoms with van der Waals surface area (Å²) in [7, 11) is 0. The Morgan fingerprint density at radius 1 is 1.26 bits per heavy atom. The second kappa shape index (κ2) is 6.02. The Bertz CT molecular complexity index is 545. The van der Waals surface area contributed by atoms with Crippen molar-refractivity contribution in [1.82, 2.24) is 9.78 Å². The van der Waals surface area contributed by atoms with Crippen LogP contribution in [0.4, 0.5) is 0 Å². The zero-order valence-corrected chi connectivity index (χ0v) is 11.9. The summed E-state index contributed by atoms with van der Waals surface area (Å²) in [6, 6.07) is 10.2. The molecule has 0 spiro atoms. The average Bonchev–Trinajstić information content (AvgIpc) is 2.80. The third kappa shape index (κ3) is 3.04. The minimum atomic E-state index is -0.599. The third-order valence-corrected chi connectivity index (χ3v) is 3.32. The van der Waals surface area contributed by atoms with E-state index in [1.54, 1.807) is 0 Å². The molecule has 3 heteroatoms. The van der Waals surface area contributed by atoms with E-state index in [1.807, 2.05) is 36.7 Å². The number of aromatic nitrogens is 2. The molecule has 0 bridgehead atoms. The summed E-state index contributed by atoms with van der Waals surface area (Å²) in [5, 5.41) is 14.9. The van der Waals surface area contributed by atoms with E-state index in [1.165, 1.54) is 5.56 Å². The molecular formula is C16H22N2O. The lowest BCUT2D eigenvalue weighted by Gasteiger charge is -2.13. The molecule has 0 amide bonds. The van der Waals surface area contributed by atoms with Crippen LogP contribution in [0.3, 0.4) is 0 Å². The number of aliphatic hydroxyl groups excluding tert-OH is 1. The normalized spacial score (nSPS) is 12.6. The van der Waals surface area contributed by atoms with Crippen molar-refractivity contribution in [3.8, 4) is 0 Å². The van der Waals surface area contributed by atoms with Gasteiger partial charge in [-0.2, -0.15) is 5.10 Å². The van der Waals surface area contributed by atoms with Crippen molar-refractivity contribution in [3.05, 3.63) is 52.8 Å². The molecule has 0 aliphatic heterocycles. The van der Waals surface area contributed by atoms with Crippen LogP contribution in [0.15, 0.2) is 30.3 Å². The zero-order valence-electron chi connectivity index (χ0n) is 11.9. The van der Waals surface area contributed by atoms with Crippen molar-refractivity contribution in [2.45, 2.75) is 46.3 Å². The maximum atomic E-state index is 10.5. The molecule has 3 nitrogen and oxygen atoms in total. The van der Waals surface area contributed by atoms with Gasteiger partial charge in [0.25, 0.3) is 0 Å². The highest BCUT2D eigenvalue weighted by atomic mass is 16.3. The Morgan fingerprint density at radius 2 is 2.05 bits per heavy atom. The molecular weight excluding hydrogens is 236 g/mol. The molecule has 102 valence electrons. The van der Waals surface area contributed by atoms with Crippen LogP contribution in [0, 0.1) is 6.92 Å². The molecule has 0 aliphatic rings. The van der Waals surface area contributed by atoms with Gasteiger partial charge in [0.2, 0.25) is 0 Å². The summed E-state index contributed by atoms with van der Waals surface area (Å²) >= 11 is 0. The van der Waals surface area contributed by atoms with Crippen molar-refractivity contribution in [2.75, 3.05) is 0 Å². The number of hydrogen-bond acceptors (Lipinski definition) is 2. The van der Waals surface area contributed by atoms with Crippen LogP contribution in [0.2, 0.25) is 0 Å². The number of benzene rings is 1. The molecule has 0 radical (unpaired) electrons. The van der Waals surface area contributed by atoms with Gasteiger partial charge in [0, 0.05) is 6.54 Å². The van der Waals surface area contributed by atoms with Crippen molar-refractivity contribution < 1.29 is 5.11 Å². The maximum Gasteiger partial charge on any atom is 0.121 e. The molecule has 0 saturated carbocycles. The fourth-order valence-corrected chi connectivity index (χ4v) is 2.42. The van der Waals surface area contributed by atoms with Crippen LogP contribution >= 0.6 is 0 Å². The molecule has 1 aromatic carbocycles. The first-order valence-electron chi connectivity index (χ1n) is 6.97. The van der Waals surface area contributed by atoms with E-state index >= 15 is 0 Å². The van der Waals surface area contributed by atoms with Gasteiger partial charge in [-0.25, -0.2) is 0 Å².